The number of likely N-dealkylation sites (N-methyl/N-ethyl adjacent to an activating group) is 1. The first kappa shape index (κ1) is 15.2. The molecule has 2 aliphatic rings. The topological polar surface area (TPSA) is 52.7 Å². The summed E-state index contributed by atoms with van der Waals surface area (Å²) in [5.74, 6) is 0.0134. The van der Waals surface area contributed by atoms with Crippen LogP contribution >= 0.6 is 11.6 Å². The molecule has 0 spiro atoms. The van der Waals surface area contributed by atoms with Gasteiger partial charge in [-0.05, 0) is 43.5 Å². The lowest BCUT2D eigenvalue weighted by atomic mass is 9.98. The maximum absolute atomic E-state index is 12.8. The van der Waals surface area contributed by atoms with Crippen molar-refractivity contribution in [2.75, 3.05) is 20.1 Å². The lowest BCUT2D eigenvalue weighted by Crippen LogP contribution is -2.52. The highest BCUT2D eigenvalue weighted by molar-refractivity contribution is 6.31. The second-order valence-corrected chi connectivity index (χ2v) is 6.60. The molecule has 22 heavy (non-hydrogen) atoms. The first-order valence-electron chi connectivity index (χ1n) is 7.48. The third kappa shape index (κ3) is 2.43. The number of aryl methyl sites for hydroxylation is 2. The molecule has 0 radical (unpaired) electrons. The van der Waals surface area contributed by atoms with E-state index in [9.17, 15) is 9.59 Å². The monoisotopic (exact) mass is 321 g/mol. The molecule has 0 saturated carbocycles. The number of likely N-dealkylation sites (tertiary alicyclic amines) is 1. The van der Waals surface area contributed by atoms with Crippen molar-refractivity contribution in [3.05, 3.63) is 33.8 Å². The highest BCUT2D eigenvalue weighted by Gasteiger charge is 2.41. The normalized spacial score (nSPS) is 24.3. The van der Waals surface area contributed by atoms with Crippen LogP contribution in [0.15, 0.2) is 12.1 Å². The van der Waals surface area contributed by atoms with Gasteiger partial charge >= 0.3 is 6.03 Å². The van der Waals surface area contributed by atoms with Gasteiger partial charge in [0, 0.05) is 30.7 Å². The Morgan fingerprint density at radius 3 is 2.77 bits per heavy atom. The van der Waals surface area contributed by atoms with E-state index in [0.717, 1.165) is 17.5 Å². The number of hydrogen-bond donors (Lipinski definition) is 1. The van der Waals surface area contributed by atoms with Gasteiger partial charge in [0.25, 0.3) is 5.91 Å². The van der Waals surface area contributed by atoms with Crippen LogP contribution in [0, 0.1) is 13.8 Å². The number of nitrogens with one attached hydrogen (secondary N) is 1. The summed E-state index contributed by atoms with van der Waals surface area (Å²) in [7, 11) is 1.81. The van der Waals surface area contributed by atoms with Crippen molar-refractivity contribution in [3.63, 3.8) is 0 Å². The Balaban J connectivity index is 1.80. The number of hydrogen-bond acceptors (Lipinski definition) is 2. The molecular weight excluding hydrogens is 302 g/mol. The van der Waals surface area contributed by atoms with Gasteiger partial charge in [-0.1, -0.05) is 11.6 Å². The van der Waals surface area contributed by atoms with E-state index in [4.69, 9.17) is 11.6 Å². The van der Waals surface area contributed by atoms with Crippen LogP contribution in [-0.2, 0) is 0 Å². The average molecular weight is 322 g/mol. The van der Waals surface area contributed by atoms with Crippen molar-refractivity contribution >= 4 is 23.5 Å². The summed E-state index contributed by atoms with van der Waals surface area (Å²) in [5, 5.41) is 3.63. The highest BCUT2D eigenvalue weighted by Crippen LogP contribution is 2.25. The molecule has 5 nitrogen and oxygen atoms in total. The standard InChI is InChI=1S/C16H20ClN3O2/c1-9-7-12(17)10(2)6-11(9)15(21)20-5-4-14-13(8-20)18-16(22)19(14)3/h6-7,13-14H,4-5,8H2,1-3H3,(H,18,22)/t13-,14+/m1/s1. The number of piperidine rings is 1. The van der Waals surface area contributed by atoms with Crippen LogP contribution in [0.3, 0.4) is 0 Å². The number of carbonyl (C=O) groups excluding carboxylic acids is 2. The molecule has 2 aliphatic heterocycles. The first-order valence-corrected chi connectivity index (χ1v) is 7.85. The Labute approximate surface area is 135 Å². The zero-order chi connectivity index (χ0) is 16.0. The molecule has 2 atom stereocenters. The van der Waals surface area contributed by atoms with Crippen LogP contribution in [0.5, 0.6) is 0 Å². The molecule has 2 saturated heterocycles. The molecule has 1 N–H and O–H groups in total. The van der Waals surface area contributed by atoms with Gasteiger partial charge in [-0.2, -0.15) is 0 Å². The molecule has 3 amide bonds. The van der Waals surface area contributed by atoms with Gasteiger partial charge in [-0.25, -0.2) is 4.79 Å². The van der Waals surface area contributed by atoms with Gasteiger partial charge in [0.15, 0.2) is 0 Å². The molecule has 0 unspecified atom stereocenters. The molecule has 2 fully saturated rings. The van der Waals surface area contributed by atoms with Crippen LogP contribution < -0.4 is 5.32 Å². The number of fused-ring (bicyclic) bond motifs is 1. The van der Waals surface area contributed by atoms with E-state index >= 15 is 0 Å². The number of nitrogens with zero attached hydrogens (tertiary/aromatic N) is 2. The second kappa shape index (κ2) is 5.47. The van der Waals surface area contributed by atoms with Gasteiger partial charge in [0.1, 0.15) is 0 Å². The van der Waals surface area contributed by atoms with E-state index < -0.39 is 0 Å². The lowest BCUT2D eigenvalue weighted by molar-refractivity contribution is 0.0665. The van der Waals surface area contributed by atoms with Crippen LogP contribution in [0.25, 0.3) is 0 Å². The van der Waals surface area contributed by atoms with Gasteiger partial charge in [-0.3, -0.25) is 4.79 Å². The zero-order valence-electron chi connectivity index (χ0n) is 13.0. The minimum absolute atomic E-state index is 0.0134. The van der Waals surface area contributed by atoms with Crippen molar-refractivity contribution < 1.29 is 9.59 Å². The van der Waals surface area contributed by atoms with Crippen molar-refractivity contribution in [3.8, 4) is 0 Å². The number of rotatable bonds is 1. The summed E-state index contributed by atoms with van der Waals surface area (Å²) in [6, 6.07) is 3.84. The highest BCUT2D eigenvalue weighted by atomic mass is 35.5. The Morgan fingerprint density at radius 2 is 2.05 bits per heavy atom. The van der Waals surface area contributed by atoms with Crippen LogP contribution in [-0.4, -0.2) is 54.0 Å². The molecule has 0 aromatic heterocycles. The maximum atomic E-state index is 12.8. The second-order valence-electron chi connectivity index (χ2n) is 6.19. The smallest absolute Gasteiger partial charge is 0.317 e. The zero-order valence-corrected chi connectivity index (χ0v) is 13.8. The van der Waals surface area contributed by atoms with Gasteiger partial charge in [-0.15, -0.1) is 0 Å². The molecular formula is C16H20ClN3O2. The van der Waals surface area contributed by atoms with E-state index in [-0.39, 0.29) is 24.0 Å². The molecule has 3 rings (SSSR count). The fourth-order valence-corrected chi connectivity index (χ4v) is 3.54. The van der Waals surface area contributed by atoms with Crippen molar-refractivity contribution in [2.45, 2.75) is 32.4 Å². The summed E-state index contributed by atoms with van der Waals surface area (Å²) in [4.78, 5) is 28.1. The minimum Gasteiger partial charge on any atom is -0.336 e. The number of carbonyl (C=O) groups is 2. The van der Waals surface area contributed by atoms with E-state index in [0.29, 0.717) is 23.7 Å². The number of benzene rings is 1. The first-order chi connectivity index (χ1) is 10.4. The minimum atomic E-state index is -0.0529. The quantitative estimate of drug-likeness (QED) is 0.862. The summed E-state index contributed by atoms with van der Waals surface area (Å²) in [6.45, 7) is 5.02. The molecule has 2 heterocycles. The summed E-state index contributed by atoms with van der Waals surface area (Å²) in [6.07, 6.45) is 0.803. The molecule has 118 valence electrons. The fraction of sp³-hybridized carbons (Fsp3) is 0.500. The summed E-state index contributed by atoms with van der Waals surface area (Å²) < 4.78 is 0. The third-order valence-corrected chi connectivity index (χ3v) is 5.13. The Hall–Kier alpha value is -1.75. The maximum Gasteiger partial charge on any atom is 0.317 e. The van der Waals surface area contributed by atoms with Crippen molar-refractivity contribution in [1.82, 2.24) is 15.1 Å². The number of halogens is 1. The molecule has 6 heteroatoms. The lowest BCUT2D eigenvalue weighted by Gasteiger charge is -2.36. The molecule has 0 bridgehead atoms. The molecule has 1 aromatic carbocycles. The van der Waals surface area contributed by atoms with E-state index in [1.165, 1.54) is 0 Å². The van der Waals surface area contributed by atoms with Gasteiger partial charge < -0.3 is 15.1 Å². The third-order valence-electron chi connectivity index (χ3n) is 4.73. The Morgan fingerprint density at radius 1 is 1.32 bits per heavy atom. The van der Waals surface area contributed by atoms with E-state index in [1.54, 1.807) is 4.90 Å². The molecule has 1 aromatic rings. The molecule has 0 aliphatic carbocycles. The van der Waals surface area contributed by atoms with Gasteiger partial charge in [0.05, 0.1) is 12.1 Å². The van der Waals surface area contributed by atoms with Crippen molar-refractivity contribution in [2.24, 2.45) is 0 Å². The number of amides is 3. The SMILES string of the molecule is Cc1cc(C(=O)N2CC[C@H]3[C@@H](C2)NC(=O)N3C)c(C)cc1Cl. The Bertz CT molecular complexity index is 647. The van der Waals surface area contributed by atoms with Crippen LogP contribution in [0.2, 0.25) is 5.02 Å². The van der Waals surface area contributed by atoms with Gasteiger partial charge in [0.2, 0.25) is 0 Å². The number of urea groups is 1. The van der Waals surface area contributed by atoms with Crippen LogP contribution in [0.1, 0.15) is 27.9 Å². The Kier molecular flexibility index (Phi) is 3.77. The fourth-order valence-electron chi connectivity index (χ4n) is 3.32. The van der Waals surface area contributed by atoms with Crippen LogP contribution in [0.4, 0.5) is 4.79 Å². The summed E-state index contributed by atoms with van der Waals surface area (Å²) >= 11 is 6.10. The largest absolute Gasteiger partial charge is 0.336 e. The summed E-state index contributed by atoms with van der Waals surface area (Å²) in [5.41, 5.74) is 2.48. The average Bonchev–Trinajstić information content (AvgIpc) is 2.76. The predicted octanol–water partition coefficient (Wildman–Crippen LogP) is 2.19. The van der Waals surface area contributed by atoms with E-state index in [2.05, 4.69) is 5.32 Å². The van der Waals surface area contributed by atoms with Crippen molar-refractivity contribution in [1.29, 1.82) is 0 Å². The predicted molar refractivity (Wildman–Crippen MR) is 85.3 cm³/mol. The van der Waals surface area contributed by atoms with E-state index in [1.807, 2.05) is 37.9 Å².